The van der Waals surface area contributed by atoms with Crippen LogP contribution >= 0.6 is 0 Å². The summed E-state index contributed by atoms with van der Waals surface area (Å²) in [5.41, 5.74) is -0.402. The van der Waals surface area contributed by atoms with Gasteiger partial charge in [0.2, 0.25) is 5.91 Å². The number of hydrogen-bond donors (Lipinski definition) is 2. The summed E-state index contributed by atoms with van der Waals surface area (Å²) in [5.74, 6) is -0.00482. The minimum Gasteiger partial charge on any atom is -0.396 e. The van der Waals surface area contributed by atoms with Crippen LogP contribution in [0.4, 0.5) is 0 Å². The zero-order chi connectivity index (χ0) is 11.0. The van der Waals surface area contributed by atoms with Gasteiger partial charge in [0, 0.05) is 20.3 Å². The number of rotatable bonds is 7. The molecule has 0 aromatic rings. The van der Waals surface area contributed by atoms with Gasteiger partial charge in [-0.3, -0.25) is 4.79 Å². The molecular formula is C10H21NO3. The molecule has 0 radical (unpaired) electrons. The fourth-order valence-corrected chi connectivity index (χ4v) is 0.986. The molecule has 14 heavy (non-hydrogen) atoms. The van der Waals surface area contributed by atoms with Crippen molar-refractivity contribution >= 4 is 5.91 Å². The molecule has 0 atom stereocenters. The molecule has 0 aliphatic heterocycles. The number of aliphatic hydroxyl groups excluding tert-OH is 1. The summed E-state index contributed by atoms with van der Waals surface area (Å²) in [5, 5.41) is 11.3. The number of unbranched alkanes of at least 4 members (excludes halogenated alkanes) is 1. The van der Waals surface area contributed by atoms with Gasteiger partial charge < -0.3 is 15.2 Å². The Kier molecular flexibility index (Phi) is 6.49. The van der Waals surface area contributed by atoms with Crippen molar-refractivity contribution in [1.82, 2.24) is 5.32 Å². The van der Waals surface area contributed by atoms with Crippen molar-refractivity contribution in [2.75, 3.05) is 20.3 Å². The molecule has 1 amide bonds. The number of carbonyl (C=O) groups is 1. The Hall–Kier alpha value is -0.610. The normalized spacial score (nSPS) is 11.4. The lowest BCUT2D eigenvalue weighted by Crippen LogP contribution is -2.34. The molecule has 84 valence electrons. The summed E-state index contributed by atoms with van der Waals surface area (Å²) in [4.78, 5) is 11.3. The lowest BCUT2D eigenvalue weighted by molar-refractivity contribution is -0.126. The van der Waals surface area contributed by atoms with Crippen LogP contribution in [-0.2, 0) is 9.53 Å². The average molecular weight is 203 g/mol. The quantitative estimate of drug-likeness (QED) is 0.598. The first kappa shape index (κ1) is 13.4. The molecule has 2 N–H and O–H groups in total. The van der Waals surface area contributed by atoms with E-state index in [1.807, 2.05) is 13.8 Å². The van der Waals surface area contributed by atoms with Gasteiger partial charge in [-0.1, -0.05) is 0 Å². The Bertz CT molecular complexity index is 169. The Morgan fingerprint density at radius 2 is 2.07 bits per heavy atom. The van der Waals surface area contributed by atoms with Crippen LogP contribution < -0.4 is 5.32 Å². The molecule has 0 spiro atoms. The SMILES string of the molecule is COC(C)(C)CC(=O)NCCCCO. The lowest BCUT2D eigenvalue weighted by Gasteiger charge is -2.21. The van der Waals surface area contributed by atoms with E-state index in [1.165, 1.54) is 0 Å². The monoisotopic (exact) mass is 203 g/mol. The highest BCUT2D eigenvalue weighted by molar-refractivity contribution is 5.76. The lowest BCUT2D eigenvalue weighted by atomic mass is 10.1. The van der Waals surface area contributed by atoms with E-state index in [2.05, 4.69) is 5.32 Å². The van der Waals surface area contributed by atoms with Crippen LogP contribution in [0, 0.1) is 0 Å². The van der Waals surface area contributed by atoms with Gasteiger partial charge >= 0.3 is 0 Å². The molecule has 0 aromatic carbocycles. The molecule has 0 heterocycles. The molecule has 0 aromatic heterocycles. The Labute approximate surface area is 85.6 Å². The van der Waals surface area contributed by atoms with E-state index >= 15 is 0 Å². The number of aliphatic hydroxyl groups is 1. The van der Waals surface area contributed by atoms with E-state index in [0.29, 0.717) is 13.0 Å². The first-order valence-electron chi connectivity index (χ1n) is 4.94. The highest BCUT2D eigenvalue weighted by Gasteiger charge is 2.20. The van der Waals surface area contributed by atoms with Crippen LogP contribution in [0.1, 0.15) is 33.1 Å². The molecule has 0 saturated carbocycles. The smallest absolute Gasteiger partial charge is 0.222 e. The number of hydrogen-bond acceptors (Lipinski definition) is 3. The molecular weight excluding hydrogens is 182 g/mol. The van der Waals surface area contributed by atoms with Crippen molar-refractivity contribution in [2.24, 2.45) is 0 Å². The maximum absolute atomic E-state index is 11.3. The summed E-state index contributed by atoms with van der Waals surface area (Å²) < 4.78 is 5.13. The molecule has 0 rings (SSSR count). The number of ether oxygens (including phenoxy) is 1. The second kappa shape index (κ2) is 6.79. The van der Waals surface area contributed by atoms with Crippen LogP contribution in [0.15, 0.2) is 0 Å². The molecule has 0 unspecified atom stereocenters. The summed E-state index contributed by atoms with van der Waals surface area (Å²) in [7, 11) is 1.60. The third-order valence-electron chi connectivity index (χ3n) is 2.05. The van der Waals surface area contributed by atoms with E-state index in [-0.39, 0.29) is 12.5 Å². The van der Waals surface area contributed by atoms with Crippen LogP contribution in [0.25, 0.3) is 0 Å². The number of carbonyl (C=O) groups excluding carboxylic acids is 1. The van der Waals surface area contributed by atoms with Crippen molar-refractivity contribution in [2.45, 2.75) is 38.7 Å². The van der Waals surface area contributed by atoms with E-state index in [1.54, 1.807) is 7.11 Å². The van der Waals surface area contributed by atoms with Crippen molar-refractivity contribution in [3.8, 4) is 0 Å². The number of amides is 1. The molecule has 0 bridgehead atoms. The second-order valence-corrected chi connectivity index (χ2v) is 3.92. The van der Waals surface area contributed by atoms with Crippen molar-refractivity contribution in [3.63, 3.8) is 0 Å². The molecule has 0 aliphatic carbocycles. The van der Waals surface area contributed by atoms with E-state index in [4.69, 9.17) is 9.84 Å². The van der Waals surface area contributed by atoms with E-state index in [0.717, 1.165) is 12.8 Å². The molecule has 0 fully saturated rings. The zero-order valence-electron chi connectivity index (χ0n) is 9.30. The summed E-state index contributed by atoms with van der Waals surface area (Å²) >= 11 is 0. The maximum Gasteiger partial charge on any atom is 0.222 e. The van der Waals surface area contributed by atoms with Gasteiger partial charge in [0.05, 0.1) is 12.0 Å². The minimum absolute atomic E-state index is 0.00482. The average Bonchev–Trinajstić information content (AvgIpc) is 2.12. The highest BCUT2D eigenvalue weighted by atomic mass is 16.5. The number of nitrogens with one attached hydrogen (secondary N) is 1. The first-order chi connectivity index (χ1) is 6.52. The second-order valence-electron chi connectivity index (χ2n) is 3.92. The predicted octanol–water partition coefficient (Wildman–Crippen LogP) is 0.690. The van der Waals surface area contributed by atoms with Gasteiger partial charge in [0.15, 0.2) is 0 Å². The Morgan fingerprint density at radius 3 is 2.57 bits per heavy atom. The fourth-order valence-electron chi connectivity index (χ4n) is 0.986. The van der Waals surface area contributed by atoms with Gasteiger partial charge in [0.1, 0.15) is 0 Å². The van der Waals surface area contributed by atoms with Gasteiger partial charge in [-0.15, -0.1) is 0 Å². The van der Waals surface area contributed by atoms with Gasteiger partial charge in [-0.2, -0.15) is 0 Å². The van der Waals surface area contributed by atoms with Crippen LogP contribution in [0.2, 0.25) is 0 Å². The third-order valence-corrected chi connectivity index (χ3v) is 2.05. The molecule has 4 nitrogen and oxygen atoms in total. The standard InChI is InChI=1S/C10H21NO3/c1-10(2,14-3)8-9(13)11-6-4-5-7-12/h12H,4-8H2,1-3H3,(H,11,13). The third kappa shape index (κ3) is 6.86. The maximum atomic E-state index is 11.3. The van der Waals surface area contributed by atoms with Crippen LogP contribution in [0.3, 0.4) is 0 Å². The largest absolute Gasteiger partial charge is 0.396 e. The Morgan fingerprint density at radius 1 is 1.43 bits per heavy atom. The Balaban J connectivity index is 3.55. The molecule has 4 heteroatoms. The summed E-state index contributed by atoms with van der Waals surface area (Å²) in [6.07, 6.45) is 1.91. The summed E-state index contributed by atoms with van der Waals surface area (Å²) in [6, 6.07) is 0. The predicted molar refractivity (Wildman–Crippen MR) is 55.0 cm³/mol. The fraction of sp³-hybridized carbons (Fsp3) is 0.900. The van der Waals surface area contributed by atoms with E-state index < -0.39 is 5.60 Å². The van der Waals surface area contributed by atoms with Gasteiger partial charge in [-0.25, -0.2) is 0 Å². The van der Waals surface area contributed by atoms with Crippen molar-refractivity contribution in [3.05, 3.63) is 0 Å². The van der Waals surface area contributed by atoms with Gasteiger partial charge in [0.25, 0.3) is 0 Å². The van der Waals surface area contributed by atoms with Crippen LogP contribution in [0.5, 0.6) is 0 Å². The minimum atomic E-state index is -0.402. The van der Waals surface area contributed by atoms with Gasteiger partial charge in [-0.05, 0) is 26.7 Å². The van der Waals surface area contributed by atoms with E-state index in [9.17, 15) is 4.79 Å². The topological polar surface area (TPSA) is 58.6 Å². The first-order valence-corrected chi connectivity index (χ1v) is 4.94. The van der Waals surface area contributed by atoms with Crippen molar-refractivity contribution in [1.29, 1.82) is 0 Å². The van der Waals surface area contributed by atoms with Crippen LogP contribution in [-0.4, -0.2) is 36.9 Å². The zero-order valence-corrected chi connectivity index (χ0v) is 9.30. The highest BCUT2D eigenvalue weighted by Crippen LogP contribution is 2.11. The summed E-state index contributed by atoms with van der Waals surface area (Å²) in [6.45, 7) is 4.55. The molecule has 0 aliphatic rings. The number of methoxy groups -OCH3 is 1. The van der Waals surface area contributed by atoms with Crippen molar-refractivity contribution < 1.29 is 14.6 Å². The molecule has 0 saturated heterocycles.